The van der Waals surface area contributed by atoms with Crippen LogP contribution in [-0.2, 0) is 0 Å². The Labute approximate surface area is 126 Å². The molecule has 1 unspecified atom stereocenters. The normalized spacial score (nSPS) is 12.2. The average molecular weight is 316 g/mol. The Bertz CT molecular complexity index is 597. The zero-order valence-electron chi connectivity index (χ0n) is 10.8. The summed E-state index contributed by atoms with van der Waals surface area (Å²) >= 11 is 12.0. The fourth-order valence-corrected chi connectivity index (χ4v) is 2.53. The molecule has 2 rings (SSSR count). The van der Waals surface area contributed by atoms with Crippen molar-refractivity contribution in [1.29, 1.82) is 0 Å². The summed E-state index contributed by atoms with van der Waals surface area (Å²) in [6, 6.07) is 8.51. The van der Waals surface area contributed by atoms with Crippen molar-refractivity contribution in [3.05, 3.63) is 63.6 Å². The van der Waals surface area contributed by atoms with E-state index in [1.165, 1.54) is 18.2 Å². The molecule has 1 atom stereocenters. The molecule has 0 saturated carbocycles. The highest BCUT2D eigenvalue weighted by molar-refractivity contribution is 6.35. The molecule has 0 aliphatic heterocycles. The summed E-state index contributed by atoms with van der Waals surface area (Å²) in [4.78, 5) is 0. The SMILES string of the molecule is CCC(Nc1c(F)cccc1F)c1ccc(Cl)cc1Cl. The minimum Gasteiger partial charge on any atom is -0.373 e. The first-order valence-electron chi connectivity index (χ1n) is 6.18. The molecule has 2 aromatic rings. The second kappa shape index (κ2) is 6.42. The molecule has 0 aliphatic rings. The van der Waals surface area contributed by atoms with E-state index in [0.29, 0.717) is 16.5 Å². The predicted molar refractivity (Wildman–Crippen MR) is 79.5 cm³/mol. The number of hydrogen-bond donors (Lipinski definition) is 1. The van der Waals surface area contributed by atoms with Crippen LogP contribution in [-0.4, -0.2) is 0 Å². The third-order valence-electron chi connectivity index (χ3n) is 3.03. The molecule has 5 heteroatoms. The minimum absolute atomic E-state index is 0.148. The van der Waals surface area contributed by atoms with E-state index in [4.69, 9.17) is 23.2 Å². The zero-order valence-corrected chi connectivity index (χ0v) is 12.3. The summed E-state index contributed by atoms with van der Waals surface area (Å²) in [5.41, 5.74) is 0.603. The Hall–Kier alpha value is -1.32. The summed E-state index contributed by atoms with van der Waals surface area (Å²) in [6.45, 7) is 1.90. The van der Waals surface area contributed by atoms with Crippen LogP contribution in [0.2, 0.25) is 10.0 Å². The molecular formula is C15H13Cl2F2N. The van der Waals surface area contributed by atoms with Gasteiger partial charge in [-0.3, -0.25) is 0 Å². The number of benzene rings is 2. The Morgan fingerprint density at radius 2 is 1.75 bits per heavy atom. The lowest BCUT2D eigenvalue weighted by Crippen LogP contribution is -2.12. The van der Waals surface area contributed by atoms with Crippen molar-refractivity contribution in [1.82, 2.24) is 0 Å². The van der Waals surface area contributed by atoms with E-state index in [9.17, 15) is 8.78 Å². The van der Waals surface area contributed by atoms with E-state index in [2.05, 4.69) is 5.32 Å². The van der Waals surface area contributed by atoms with Crippen LogP contribution in [0.15, 0.2) is 36.4 Å². The highest BCUT2D eigenvalue weighted by Crippen LogP contribution is 2.32. The van der Waals surface area contributed by atoms with Crippen LogP contribution in [0.5, 0.6) is 0 Å². The molecule has 0 bridgehead atoms. The highest BCUT2D eigenvalue weighted by Gasteiger charge is 2.17. The van der Waals surface area contributed by atoms with Gasteiger partial charge in [-0.15, -0.1) is 0 Å². The zero-order chi connectivity index (χ0) is 14.7. The largest absolute Gasteiger partial charge is 0.373 e. The Kier molecular flexibility index (Phi) is 4.84. The first kappa shape index (κ1) is 15.1. The molecule has 20 heavy (non-hydrogen) atoms. The molecule has 0 heterocycles. The lowest BCUT2D eigenvalue weighted by Gasteiger charge is -2.20. The number of anilines is 1. The number of hydrogen-bond acceptors (Lipinski definition) is 1. The van der Waals surface area contributed by atoms with Crippen molar-refractivity contribution >= 4 is 28.9 Å². The van der Waals surface area contributed by atoms with Gasteiger partial charge in [-0.2, -0.15) is 0 Å². The lowest BCUT2D eigenvalue weighted by atomic mass is 10.0. The van der Waals surface area contributed by atoms with Gasteiger partial charge < -0.3 is 5.32 Å². The number of halogens is 4. The van der Waals surface area contributed by atoms with E-state index in [-0.39, 0.29) is 11.7 Å². The maximum atomic E-state index is 13.7. The molecule has 0 radical (unpaired) electrons. The van der Waals surface area contributed by atoms with Gasteiger partial charge in [0.15, 0.2) is 0 Å². The Morgan fingerprint density at radius 3 is 2.30 bits per heavy atom. The molecule has 0 amide bonds. The summed E-state index contributed by atoms with van der Waals surface area (Å²) in [5.74, 6) is -1.26. The van der Waals surface area contributed by atoms with E-state index in [0.717, 1.165) is 5.56 Å². The van der Waals surface area contributed by atoms with Crippen LogP contribution in [0.3, 0.4) is 0 Å². The van der Waals surface area contributed by atoms with Gasteiger partial charge >= 0.3 is 0 Å². The smallest absolute Gasteiger partial charge is 0.149 e. The summed E-state index contributed by atoms with van der Waals surface area (Å²) in [6.07, 6.45) is 0.620. The van der Waals surface area contributed by atoms with Gasteiger partial charge in [0.2, 0.25) is 0 Å². The third kappa shape index (κ3) is 3.22. The third-order valence-corrected chi connectivity index (χ3v) is 3.59. The Balaban J connectivity index is 2.34. The van der Waals surface area contributed by atoms with Gasteiger partial charge in [-0.1, -0.05) is 42.3 Å². The van der Waals surface area contributed by atoms with Gasteiger partial charge in [0, 0.05) is 10.0 Å². The molecule has 106 valence electrons. The number of para-hydroxylation sites is 1. The second-order valence-electron chi connectivity index (χ2n) is 4.37. The molecule has 0 aliphatic carbocycles. The second-order valence-corrected chi connectivity index (χ2v) is 5.21. The fraction of sp³-hybridized carbons (Fsp3) is 0.200. The minimum atomic E-state index is -0.631. The van der Waals surface area contributed by atoms with Crippen LogP contribution >= 0.6 is 23.2 Å². The fourth-order valence-electron chi connectivity index (χ4n) is 1.99. The van der Waals surface area contributed by atoms with Crippen molar-refractivity contribution in [2.45, 2.75) is 19.4 Å². The molecule has 2 aromatic carbocycles. The molecule has 0 aromatic heterocycles. The highest BCUT2D eigenvalue weighted by atomic mass is 35.5. The topological polar surface area (TPSA) is 12.0 Å². The number of rotatable bonds is 4. The first-order chi connectivity index (χ1) is 9.52. The first-order valence-corrected chi connectivity index (χ1v) is 6.94. The van der Waals surface area contributed by atoms with Crippen LogP contribution < -0.4 is 5.32 Å². The summed E-state index contributed by atoms with van der Waals surface area (Å²) in [5, 5.41) is 3.85. The van der Waals surface area contributed by atoms with Crippen molar-refractivity contribution < 1.29 is 8.78 Å². The average Bonchev–Trinajstić information content (AvgIpc) is 2.40. The van der Waals surface area contributed by atoms with Gasteiger partial charge in [-0.25, -0.2) is 8.78 Å². The van der Waals surface area contributed by atoms with E-state index in [1.807, 2.05) is 6.92 Å². The van der Waals surface area contributed by atoms with Gasteiger partial charge in [0.05, 0.1) is 6.04 Å². The number of nitrogens with one attached hydrogen (secondary N) is 1. The summed E-state index contributed by atoms with van der Waals surface area (Å²) < 4.78 is 27.3. The van der Waals surface area contributed by atoms with Crippen molar-refractivity contribution in [3.63, 3.8) is 0 Å². The predicted octanol–water partition coefficient (Wildman–Crippen LogP) is 5.83. The van der Waals surface area contributed by atoms with Crippen molar-refractivity contribution in [3.8, 4) is 0 Å². The standard InChI is InChI=1S/C15H13Cl2F2N/c1-2-14(10-7-6-9(16)8-11(10)17)20-15-12(18)4-3-5-13(15)19/h3-8,14,20H,2H2,1H3. The van der Waals surface area contributed by atoms with Crippen molar-refractivity contribution in [2.24, 2.45) is 0 Å². The van der Waals surface area contributed by atoms with Gasteiger partial charge in [-0.05, 0) is 36.2 Å². The molecule has 0 fully saturated rings. The maximum Gasteiger partial charge on any atom is 0.149 e. The molecule has 1 nitrogen and oxygen atoms in total. The lowest BCUT2D eigenvalue weighted by molar-refractivity contribution is 0.581. The van der Waals surface area contributed by atoms with Crippen LogP contribution in [0, 0.1) is 11.6 Å². The van der Waals surface area contributed by atoms with Gasteiger partial charge in [0.25, 0.3) is 0 Å². The van der Waals surface area contributed by atoms with Crippen molar-refractivity contribution in [2.75, 3.05) is 5.32 Å². The summed E-state index contributed by atoms with van der Waals surface area (Å²) in [7, 11) is 0. The van der Waals surface area contributed by atoms with E-state index >= 15 is 0 Å². The van der Waals surface area contributed by atoms with Crippen LogP contribution in [0.25, 0.3) is 0 Å². The van der Waals surface area contributed by atoms with Crippen LogP contribution in [0.1, 0.15) is 24.9 Å². The van der Waals surface area contributed by atoms with E-state index < -0.39 is 11.6 Å². The van der Waals surface area contributed by atoms with Gasteiger partial charge in [0.1, 0.15) is 17.3 Å². The monoisotopic (exact) mass is 315 g/mol. The molecular weight excluding hydrogens is 303 g/mol. The molecule has 0 spiro atoms. The maximum absolute atomic E-state index is 13.7. The quantitative estimate of drug-likeness (QED) is 0.748. The Morgan fingerprint density at radius 1 is 1.10 bits per heavy atom. The molecule has 1 N–H and O–H groups in total. The van der Waals surface area contributed by atoms with Crippen LogP contribution in [0.4, 0.5) is 14.5 Å². The molecule has 0 saturated heterocycles. The van der Waals surface area contributed by atoms with E-state index in [1.54, 1.807) is 18.2 Å².